The van der Waals surface area contributed by atoms with Crippen molar-refractivity contribution in [2.45, 2.75) is 51.0 Å². The van der Waals surface area contributed by atoms with E-state index in [0.717, 1.165) is 98.0 Å². The normalized spacial score (nSPS) is 19.4. The molecule has 6 amide bonds. The fraction of sp³-hybridized carbons (Fsp3) is 0.353. The Hall–Kier alpha value is -7.40. The van der Waals surface area contributed by atoms with Gasteiger partial charge >= 0.3 is 0 Å². The van der Waals surface area contributed by atoms with Gasteiger partial charge < -0.3 is 29.9 Å². The van der Waals surface area contributed by atoms with E-state index in [-0.39, 0.29) is 12.8 Å². The number of fused-ring (bicyclic) bond motifs is 2. The Bertz CT molecular complexity index is 2820. The maximum absolute atomic E-state index is 13.4. The number of nitrogens with one attached hydrogen (secondary N) is 3. The minimum absolute atomic E-state index is 0.0843. The molecule has 0 radical (unpaired) electrons. The molecule has 1 atom stereocenters. The van der Waals surface area contributed by atoms with Crippen molar-refractivity contribution >= 4 is 69.1 Å². The van der Waals surface area contributed by atoms with Crippen molar-refractivity contribution < 1.29 is 42.6 Å². The zero-order valence-electron chi connectivity index (χ0n) is 37.6. The van der Waals surface area contributed by atoms with Crippen LogP contribution >= 0.6 is 0 Å². The quantitative estimate of drug-likeness (QED) is 0.0879. The number of carbonyl (C=O) groups excluding carboxylic acids is 6. The van der Waals surface area contributed by atoms with Crippen LogP contribution < -0.4 is 35.2 Å². The number of piperidine rings is 2. The summed E-state index contributed by atoms with van der Waals surface area (Å²) in [5.74, 6) is -0.791. The summed E-state index contributed by atoms with van der Waals surface area (Å²) in [6.07, 6.45) is 5.90. The average molecular weight is 923 g/mol. The number of anilines is 4. The molecule has 5 aromatic rings. The van der Waals surface area contributed by atoms with E-state index in [9.17, 15) is 33.2 Å². The summed E-state index contributed by atoms with van der Waals surface area (Å²) >= 11 is 0. The monoisotopic (exact) mass is 922 g/mol. The number of aromatic nitrogens is 1. The lowest BCUT2D eigenvalue weighted by atomic mass is 9.92. The highest BCUT2D eigenvalue weighted by atomic mass is 19.1. The van der Waals surface area contributed by atoms with Gasteiger partial charge in [0.05, 0.1) is 29.4 Å². The van der Waals surface area contributed by atoms with Crippen LogP contribution in [-0.4, -0.2) is 109 Å². The summed E-state index contributed by atoms with van der Waals surface area (Å²) in [4.78, 5) is 89.7. The zero-order chi connectivity index (χ0) is 47.1. The molecule has 1 unspecified atom stereocenters. The lowest BCUT2D eigenvalue weighted by Crippen LogP contribution is -2.54. The number of piperazine rings is 1. The van der Waals surface area contributed by atoms with Gasteiger partial charge in [0, 0.05) is 74.3 Å². The van der Waals surface area contributed by atoms with E-state index in [1.54, 1.807) is 55.8 Å². The molecule has 5 aliphatic rings. The van der Waals surface area contributed by atoms with Crippen LogP contribution in [0.4, 0.5) is 27.1 Å². The molecule has 350 valence electrons. The molecule has 4 aliphatic heterocycles. The molecule has 0 bridgehead atoms. The van der Waals surface area contributed by atoms with Crippen molar-refractivity contribution in [3.8, 4) is 17.2 Å². The summed E-state index contributed by atoms with van der Waals surface area (Å²) in [6, 6.07) is 22.5. The first-order valence-electron chi connectivity index (χ1n) is 23.2. The van der Waals surface area contributed by atoms with Crippen molar-refractivity contribution in [1.82, 2.24) is 20.1 Å². The number of carbonyl (C=O) groups is 6. The highest BCUT2D eigenvalue weighted by molar-refractivity contribution is 6.24. The Kier molecular flexibility index (Phi) is 12.0. The van der Waals surface area contributed by atoms with Crippen molar-refractivity contribution in [3.63, 3.8) is 0 Å². The van der Waals surface area contributed by atoms with Gasteiger partial charge in [-0.2, -0.15) is 0 Å². The summed E-state index contributed by atoms with van der Waals surface area (Å²) < 4.78 is 25.6. The van der Waals surface area contributed by atoms with Crippen LogP contribution in [0.3, 0.4) is 0 Å². The van der Waals surface area contributed by atoms with E-state index in [4.69, 9.17) is 9.47 Å². The van der Waals surface area contributed by atoms with Gasteiger partial charge in [-0.05, 0) is 136 Å². The number of nitrogens with zero attached hydrogens (tertiary/aromatic N) is 5. The van der Waals surface area contributed by atoms with E-state index in [0.29, 0.717) is 52.8 Å². The Labute approximate surface area is 391 Å². The molecule has 5 heterocycles. The summed E-state index contributed by atoms with van der Waals surface area (Å²) in [7, 11) is 1.66. The molecule has 3 saturated heterocycles. The van der Waals surface area contributed by atoms with E-state index >= 15 is 0 Å². The highest BCUT2D eigenvalue weighted by Crippen LogP contribution is 2.48. The fourth-order valence-corrected chi connectivity index (χ4v) is 9.80. The number of methoxy groups -OCH3 is 1. The molecular weight excluding hydrogens is 872 g/mol. The molecule has 1 saturated carbocycles. The maximum Gasteiger partial charge on any atom is 0.262 e. The van der Waals surface area contributed by atoms with Gasteiger partial charge in [0.1, 0.15) is 34.5 Å². The summed E-state index contributed by atoms with van der Waals surface area (Å²) in [5.41, 5.74) is 2.99. The minimum Gasteiger partial charge on any atom is -0.495 e. The first-order chi connectivity index (χ1) is 33.0. The number of hydrogen-bond acceptors (Lipinski definition) is 12. The number of amides is 6. The van der Waals surface area contributed by atoms with Crippen LogP contribution in [0.1, 0.15) is 65.7 Å². The third kappa shape index (κ3) is 8.80. The smallest absolute Gasteiger partial charge is 0.262 e. The largest absolute Gasteiger partial charge is 0.495 e. The Morgan fingerprint density at radius 3 is 2.10 bits per heavy atom. The van der Waals surface area contributed by atoms with Gasteiger partial charge in [-0.1, -0.05) is 0 Å². The number of rotatable bonds is 13. The lowest BCUT2D eigenvalue weighted by Gasteiger charge is -2.38. The number of ether oxygens (including phenoxy) is 2. The van der Waals surface area contributed by atoms with E-state index in [1.807, 2.05) is 18.2 Å². The summed E-state index contributed by atoms with van der Waals surface area (Å²) in [5, 5.41) is 8.62. The van der Waals surface area contributed by atoms with Crippen LogP contribution in [0.15, 0.2) is 91.1 Å². The van der Waals surface area contributed by atoms with Crippen LogP contribution in [-0.2, 0) is 19.2 Å². The second-order valence-corrected chi connectivity index (χ2v) is 18.2. The topological polar surface area (TPSA) is 183 Å². The van der Waals surface area contributed by atoms with Gasteiger partial charge in [0.15, 0.2) is 0 Å². The third-order valence-electron chi connectivity index (χ3n) is 14.0. The minimum atomic E-state index is -1.18. The molecule has 0 spiro atoms. The molecule has 1 aromatic heterocycles. The first kappa shape index (κ1) is 44.4. The van der Waals surface area contributed by atoms with Crippen LogP contribution in [0.5, 0.6) is 17.2 Å². The van der Waals surface area contributed by atoms with Crippen LogP contribution in [0, 0.1) is 17.2 Å². The molecule has 3 N–H and O–H groups in total. The number of hydrogen-bond donors (Lipinski definition) is 3. The number of halogens is 1. The number of benzene rings is 4. The Morgan fingerprint density at radius 1 is 0.765 bits per heavy atom. The molecule has 10 rings (SSSR count). The molecule has 1 aliphatic carbocycles. The zero-order valence-corrected chi connectivity index (χ0v) is 37.6. The molecule has 17 heteroatoms. The second-order valence-electron chi connectivity index (χ2n) is 18.2. The van der Waals surface area contributed by atoms with Crippen LogP contribution in [0.2, 0.25) is 0 Å². The van der Waals surface area contributed by atoms with Crippen molar-refractivity contribution in [3.05, 3.63) is 108 Å². The number of imide groups is 2. The highest BCUT2D eigenvalue weighted by Gasteiger charge is 2.56. The van der Waals surface area contributed by atoms with Gasteiger partial charge in [0.25, 0.3) is 11.8 Å². The SMILES string of the molecule is COc1cc2c(Oc3ccc(NC(=O)C4(C(=O)Nc5ccc(F)cc5)CC4)cc3)ccnc2cc1N1CCN(CCC2CCN(c3ccc4c(c3)C(=O)N(C3CCC(=O)NC3=O)C4=O)CC2)CC1. The van der Waals surface area contributed by atoms with E-state index in [2.05, 4.69) is 35.6 Å². The molecule has 68 heavy (non-hydrogen) atoms. The molecule has 4 fully saturated rings. The second kappa shape index (κ2) is 18.4. The number of pyridine rings is 1. The van der Waals surface area contributed by atoms with Gasteiger partial charge in [-0.3, -0.25) is 48.9 Å². The Morgan fingerprint density at radius 2 is 1.44 bits per heavy atom. The fourth-order valence-electron chi connectivity index (χ4n) is 9.80. The third-order valence-corrected chi connectivity index (χ3v) is 14.0. The molecule has 4 aromatic carbocycles. The summed E-state index contributed by atoms with van der Waals surface area (Å²) in [6.45, 7) is 6.18. The van der Waals surface area contributed by atoms with Crippen molar-refractivity contribution in [1.29, 1.82) is 0 Å². The maximum atomic E-state index is 13.4. The molecular formula is C51H51FN8O8. The first-order valence-corrected chi connectivity index (χ1v) is 23.2. The van der Waals surface area contributed by atoms with Gasteiger partial charge in [-0.15, -0.1) is 0 Å². The predicted molar refractivity (Wildman–Crippen MR) is 251 cm³/mol. The molecule has 16 nitrogen and oxygen atoms in total. The average Bonchev–Trinajstić information content (AvgIpc) is 4.14. The van der Waals surface area contributed by atoms with Gasteiger partial charge in [0.2, 0.25) is 23.6 Å². The standard InChI is InChI=1S/C51H51FN8O8/c1-67-44-29-39-40(53-20-14-43(39)68-36-9-6-34(7-10-36)55-50(66)51(18-19-51)49(65)54-33-4-2-32(52)3-5-33)30-42(44)59-26-24-57(25-27-59)21-15-31-16-22-58(23-17-31)35-8-11-37-38(28-35)48(64)60(47(37)63)41-12-13-45(61)56-46(41)62/h2-11,14,20,28-31,41H,12-13,15-19,21-27H2,1H3,(H,54,65)(H,55,66)(H,56,61,62). The van der Waals surface area contributed by atoms with Crippen LogP contribution in [0.25, 0.3) is 10.9 Å². The van der Waals surface area contributed by atoms with Gasteiger partial charge in [-0.25, -0.2) is 4.39 Å². The van der Waals surface area contributed by atoms with E-state index < -0.39 is 52.7 Å². The lowest BCUT2D eigenvalue weighted by molar-refractivity contribution is -0.136. The predicted octanol–water partition coefficient (Wildman–Crippen LogP) is 6.36. The van der Waals surface area contributed by atoms with Crippen molar-refractivity contribution in [2.24, 2.45) is 11.3 Å². The van der Waals surface area contributed by atoms with Crippen molar-refractivity contribution in [2.75, 3.05) is 73.4 Å². The Balaban J connectivity index is 0.699. The van der Waals surface area contributed by atoms with E-state index in [1.165, 1.54) is 24.3 Å².